The van der Waals surface area contributed by atoms with Crippen LogP contribution in [-0.4, -0.2) is 36.7 Å². The zero-order valence-corrected chi connectivity index (χ0v) is 19.6. The van der Waals surface area contributed by atoms with Crippen LogP contribution in [0.3, 0.4) is 0 Å². The lowest BCUT2D eigenvalue weighted by atomic mass is 9.98. The van der Waals surface area contributed by atoms with Crippen molar-refractivity contribution in [1.29, 1.82) is 0 Å². The fraction of sp³-hybridized carbons (Fsp3) is 0.435. The van der Waals surface area contributed by atoms with Gasteiger partial charge < -0.3 is 4.74 Å². The third-order valence-electron chi connectivity index (χ3n) is 6.18. The minimum atomic E-state index is -3.67. The molecule has 2 aromatic rings. The van der Waals surface area contributed by atoms with Crippen LogP contribution < -0.4 is 0 Å². The van der Waals surface area contributed by atoms with Gasteiger partial charge in [0, 0.05) is 25.2 Å². The van der Waals surface area contributed by atoms with E-state index in [0.29, 0.717) is 23.3 Å². The molecule has 0 saturated carbocycles. The maximum absolute atomic E-state index is 13.4. The van der Waals surface area contributed by atoms with E-state index in [1.807, 2.05) is 33.8 Å². The molecule has 32 heavy (non-hydrogen) atoms. The highest BCUT2D eigenvalue weighted by atomic mass is 32.2. The van der Waals surface area contributed by atoms with Gasteiger partial charge in [0.15, 0.2) is 0 Å². The molecule has 1 fully saturated rings. The first kappa shape index (κ1) is 23.9. The van der Waals surface area contributed by atoms with Gasteiger partial charge in [0.05, 0.1) is 15.7 Å². The van der Waals surface area contributed by atoms with E-state index in [4.69, 9.17) is 4.74 Å². The summed E-state index contributed by atoms with van der Waals surface area (Å²) in [4.78, 5) is 23.2. The van der Waals surface area contributed by atoms with E-state index >= 15 is 0 Å². The van der Waals surface area contributed by atoms with E-state index in [-0.39, 0.29) is 25.4 Å². The van der Waals surface area contributed by atoms with Gasteiger partial charge in [0.2, 0.25) is 10.0 Å². The van der Waals surface area contributed by atoms with Gasteiger partial charge in [0.1, 0.15) is 6.61 Å². The van der Waals surface area contributed by atoms with E-state index in [9.17, 15) is 23.3 Å². The van der Waals surface area contributed by atoms with Crippen molar-refractivity contribution in [1.82, 2.24) is 4.31 Å². The predicted molar refractivity (Wildman–Crippen MR) is 120 cm³/mol. The van der Waals surface area contributed by atoms with Crippen LogP contribution >= 0.6 is 0 Å². The fourth-order valence-electron chi connectivity index (χ4n) is 4.06. The molecule has 0 bridgehead atoms. The van der Waals surface area contributed by atoms with Crippen LogP contribution in [0, 0.1) is 43.7 Å². The molecule has 0 spiro atoms. The molecule has 1 heterocycles. The number of carbonyl (C=O) groups excluding carboxylic acids is 1. The third-order valence-corrected chi connectivity index (χ3v) is 8.36. The first-order chi connectivity index (χ1) is 15.0. The molecule has 1 aliphatic rings. The summed E-state index contributed by atoms with van der Waals surface area (Å²) in [5, 5.41) is 10.9. The number of hydrogen-bond acceptors (Lipinski definition) is 6. The number of rotatable bonds is 6. The standard InChI is InChI=1S/C23H28N2O6S/c1-15-12-16(2)18(4)22(17(15)3)32(29,30)24-10-8-20(9-11-24)23(26)31-14-19-6-5-7-21(13-19)25(27)28/h5-7,12-13,20H,8-11,14H2,1-4H3. The molecule has 1 saturated heterocycles. The SMILES string of the molecule is Cc1cc(C)c(C)c(S(=O)(=O)N2CCC(C(=O)OCc3cccc([N+](=O)[O-])c3)CC2)c1C. The van der Waals surface area contributed by atoms with Crippen molar-refractivity contribution in [3.05, 3.63) is 68.3 Å². The average molecular weight is 461 g/mol. The largest absolute Gasteiger partial charge is 0.461 e. The maximum atomic E-state index is 13.4. The van der Waals surface area contributed by atoms with Crippen molar-refractivity contribution in [3.63, 3.8) is 0 Å². The lowest BCUT2D eigenvalue weighted by molar-refractivity contribution is -0.384. The molecule has 8 nitrogen and oxygen atoms in total. The van der Waals surface area contributed by atoms with Crippen LogP contribution in [0.1, 0.15) is 40.7 Å². The Bertz CT molecular complexity index is 1130. The summed E-state index contributed by atoms with van der Waals surface area (Å²) in [6.45, 7) is 7.89. The molecule has 0 unspecified atom stereocenters. The van der Waals surface area contributed by atoms with Crippen molar-refractivity contribution < 1.29 is 22.9 Å². The highest BCUT2D eigenvalue weighted by Gasteiger charge is 2.34. The second kappa shape index (κ2) is 9.38. The van der Waals surface area contributed by atoms with Crippen molar-refractivity contribution in [2.24, 2.45) is 5.92 Å². The summed E-state index contributed by atoms with van der Waals surface area (Å²) >= 11 is 0. The smallest absolute Gasteiger partial charge is 0.309 e. The Hall–Kier alpha value is -2.78. The predicted octanol–water partition coefficient (Wildman–Crippen LogP) is 3.97. The zero-order chi connectivity index (χ0) is 23.6. The molecule has 2 aromatic carbocycles. The van der Waals surface area contributed by atoms with Crippen molar-refractivity contribution in [3.8, 4) is 0 Å². The second-order valence-corrected chi connectivity index (χ2v) is 10.2. The number of nitro groups is 1. The lowest BCUT2D eigenvalue weighted by Gasteiger charge is -2.31. The molecular weight excluding hydrogens is 432 g/mol. The van der Waals surface area contributed by atoms with Gasteiger partial charge >= 0.3 is 5.97 Å². The van der Waals surface area contributed by atoms with Crippen LogP contribution in [-0.2, 0) is 26.2 Å². The number of nitro benzene ring substituents is 1. The maximum Gasteiger partial charge on any atom is 0.309 e. The summed E-state index contributed by atoms with van der Waals surface area (Å²) in [5.41, 5.74) is 3.86. The first-order valence-corrected chi connectivity index (χ1v) is 11.9. The number of sulfonamides is 1. The number of carbonyl (C=O) groups is 1. The van der Waals surface area contributed by atoms with Gasteiger partial charge in [-0.25, -0.2) is 8.42 Å². The van der Waals surface area contributed by atoms with Gasteiger partial charge in [-0.05, 0) is 68.4 Å². The summed E-state index contributed by atoms with van der Waals surface area (Å²) < 4.78 is 33.5. The van der Waals surface area contributed by atoms with Crippen LogP contribution in [0.15, 0.2) is 35.2 Å². The quantitative estimate of drug-likeness (QED) is 0.367. The van der Waals surface area contributed by atoms with Gasteiger partial charge in [-0.15, -0.1) is 0 Å². The highest BCUT2D eigenvalue weighted by Crippen LogP contribution is 2.31. The van der Waals surface area contributed by atoms with Gasteiger partial charge in [-0.3, -0.25) is 14.9 Å². The molecule has 1 aliphatic heterocycles. The Balaban J connectivity index is 1.64. The molecule has 0 N–H and O–H groups in total. The Morgan fingerprint density at radius 2 is 1.69 bits per heavy atom. The highest BCUT2D eigenvalue weighted by molar-refractivity contribution is 7.89. The average Bonchev–Trinajstić information content (AvgIpc) is 2.76. The van der Waals surface area contributed by atoms with Gasteiger partial charge in [0.25, 0.3) is 5.69 Å². The molecule has 0 aromatic heterocycles. The van der Waals surface area contributed by atoms with Gasteiger partial charge in [-0.1, -0.05) is 18.2 Å². The molecule has 3 rings (SSSR count). The summed E-state index contributed by atoms with van der Waals surface area (Å²) in [5.74, 6) is -0.811. The summed E-state index contributed by atoms with van der Waals surface area (Å²) in [7, 11) is -3.67. The Labute approximate surface area is 188 Å². The number of ether oxygens (including phenoxy) is 1. The molecule has 0 aliphatic carbocycles. The van der Waals surface area contributed by atoms with Crippen molar-refractivity contribution in [2.75, 3.05) is 13.1 Å². The first-order valence-electron chi connectivity index (χ1n) is 10.5. The number of hydrogen-bond donors (Lipinski definition) is 0. The molecule has 9 heteroatoms. The summed E-state index contributed by atoms with van der Waals surface area (Å²) in [6, 6.07) is 7.94. The number of aryl methyl sites for hydroxylation is 2. The Morgan fingerprint density at radius 3 is 2.25 bits per heavy atom. The number of non-ortho nitro benzene ring substituents is 1. The molecule has 0 atom stereocenters. The van der Waals surface area contributed by atoms with Crippen molar-refractivity contribution in [2.45, 2.75) is 52.0 Å². The van der Waals surface area contributed by atoms with E-state index in [1.165, 1.54) is 16.4 Å². The molecule has 0 radical (unpaired) electrons. The minimum Gasteiger partial charge on any atom is -0.461 e. The van der Waals surface area contributed by atoms with E-state index in [2.05, 4.69) is 0 Å². The molecule has 0 amide bonds. The monoisotopic (exact) mass is 460 g/mol. The number of esters is 1. The topological polar surface area (TPSA) is 107 Å². The van der Waals surface area contributed by atoms with Crippen LogP contribution in [0.25, 0.3) is 0 Å². The van der Waals surface area contributed by atoms with Crippen LogP contribution in [0.5, 0.6) is 0 Å². The number of nitrogens with zero attached hydrogens (tertiary/aromatic N) is 2. The number of benzene rings is 2. The van der Waals surface area contributed by atoms with Crippen LogP contribution in [0.2, 0.25) is 0 Å². The Morgan fingerprint density at radius 1 is 1.09 bits per heavy atom. The van der Waals surface area contributed by atoms with Gasteiger partial charge in [-0.2, -0.15) is 4.31 Å². The fourth-order valence-corrected chi connectivity index (χ4v) is 6.11. The minimum absolute atomic E-state index is 0.0556. The summed E-state index contributed by atoms with van der Waals surface area (Å²) in [6.07, 6.45) is 0.742. The lowest BCUT2D eigenvalue weighted by Crippen LogP contribution is -2.41. The van der Waals surface area contributed by atoms with E-state index < -0.39 is 26.8 Å². The zero-order valence-electron chi connectivity index (χ0n) is 18.8. The Kier molecular flexibility index (Phi) is 7.00. The molecule has 172 valence electrons. The van der Waals surface area contributed by atoms with Crippen LogP contribution in [0.4, 0.5) is 5.69 Å². The second-order valence-electron chi connectivity index (χ2n) is 8.30. The van der Waals surface area contributed by atoms with E-state index in [0.717, 1.165) is 22.3 Å². The normalized spacial score (nSPS) is 15.5. The third kappa shape index (κ3) is 4.83. The molecular formula is C23H28N2O6S. The van der Waals surface area contributed by atoms with E-state index in [1.54, 1.807) is 12.1 Å². The van der Waals surface area contributed by atoms with Crippen molar-refractivity contribution >= 4 is 21.7 Å². The number of piperidine rings is 1.